The van der Waals surface area contributed by atoms with Crippen molar-refractivity contribution < 1.29 is 28.6 Å². The van der Waals surface area contributed by atoms with Crippen LogP contribution < -0.4 is 10.6 Å². The van der Waals surface area contributed by atoms with Gasteiger partial charge in [-0.1, -0.05) is 48.5 Å². The number of rotatable bonds is 9. The topological polar surface area (TPSA) is 134 Å². The van der Waals surface area contributed by atoms with Crippen LogP contribution in [0.3, 0.4) is 0 Å². The van der Waals surface area contributed by atoms with Gasteiger partial charge in [-0.2, -0.15) is 0 Å². The lowest BCUT2D eigenvalue weighted by atomic mass is 9.98. The fraction of sp³-hybridized carbons (Fsp3) is 0.280. The first-order valence-electron chi connectivity index (χ1n) is 11.0. The molecule has 10 nitrogen and oxygen atoms in total. The summed E-state index contributed by atoms with van der Waals surface area (Å²) in [5.74, 6) is -1.87. The molecule has 1 heterocycles. The predicted octanol–water partition coefficient (Wildman–Crippen LogP) is 2.46. The van der Waals surface area contributed by atoms with E-state index in [9.17, 15) is 14.4 Å². The summed E-state index contributed by atoms with van der Waals surface area (Å²) < 4.78 is 10.6. The number of benzene rings is 2. The molecule has 0 radical (unpaired) electrons. The van der Waals surface area contributed by atoms with Crippen LogP contribution in [-0.4, -0.2) is 66.2 Å². The van der Waals surface area contributed by atoms with Gasteiger partial charge in [-0.05, 0) is 36.3 Å². The highest BCUT2D eigenvalue weighted by atomic mass is 16.5. The molecule has 1 aliphatic rings. The third-order valence-electron chi connectivity index (χ3n) is 5.77. The minimum Gasteiger partial charge on any atom is -0.476 e. The monoisotopic (exact) mass is 478 g/mol. The highest BCUT2D eigenvalue weighted by Gasteiger charge is 2.30. The Hall–Kier alpha value is -4.18. The van der Waals surface area contributed by atoms with Gasteiger partial charge in [-0.3, -0.25) is 4.79 Å². The molecule has 35 heavy (non-hydrogen) atoms. The van der Waals surface area contributed by atoms with Crippen LogP contribution in [0.25, 0.3) is 11.1 Å². The first kappa shape index (κ1) is 24.0. The van der Waals surface area contributed by atoms with Crippen molar-refractivity contribution in [2.24, 2.45) is 0 Å². The fourth-order valence-electron chi connectivity index (χ4n) is 4.20. The van der Waals surface area contributed by atoms with E-state index in [1.54, 1.807) is 19.0 Å². The molecular weight excluding hydrogens is 452 g/mol. The van der Waals surface area contributed by atoms with Gasteiger partial charge in [0.15, 0.2) is 17.8 Å². The first-order valence-corrected chi connectivity index (χ1v) is 11.0. The number of amides is 2. The van der Waals surface area contributed by atoms with Crippen molar-refractivity contribution in [1.82, 2.24) is 20.5 Å². The molecule has 0 fully saturated rings. The Morgan fingerprint density at radius 3 is 2.31 bits per heavy atom. The van der Waals surface area contributed by atoms with Gasteiger partial charge in [0.1, 0.15) is 12.6 Å². The molecule has 0 saturated carbocycles. The van der Waals surface area contributed by atoms with Gasteiger partial charge >= 0.3 is 12.1 Å². The molecule has 2 aromatic carbocycles. The molecule has 0 unspecified atom stereocenters. The number of alkyl carbamates (subject to hydrolysis) is 1. The Balaban J connectivity index is 1.39. The maximum absolute atomic E-state index is 12.8. The second-order valence-electron chi connectivity index (χ2n) is 8.43. The van der Waals surface area contributed by atoms with Crippen LogP contribution in [0.2, 0.25) is 0 Å². The smallest absolute Gasteiger partial charge is 0.407 e. The van der Waals surface area contributed by atoms with Crippen LogP contribution in [0.1, 0.15) is 33.3 Å². The molecule has 0 bridgehead atoms. The molecule has 1 aromatic heterocycles. The maximum atomic E-state index is 12.8. The third kappa shape index (κ3) is 5.33. The second-order valence-corrected chi connectivity index (χ2v) is 8.43. The molecule has 0 spiro atoms. The lowest BCUT2D eigenvalue weighted by Crippen LogP contribution is -2.51. The van der Waals surface area contributed by atoms with Gasteiger partial charge in [0, 0.05) is 12.5 Å². The molecule has 0 saturated heterocycles. The summed E-state index contributed by atoms with van der Waals surface area (Å²) in [4.78, 5) is 41.9. The van der Waals surface area contributed by atoms with Gasteiger partial charge in [0.2, 0.25) is 5.91 Å². The Morgan fingerprint density at radius 1 is 1.09 bits per heavy atom. The minimum absolute atomic E-state index is 0.00981. The zero-order valence-electron chi connectivity index (χ0n) is 19.4. The van der Waals surface area contributed by atoms with Crippen LogP contribution in [0.4, 0.5) is 4.79 Å². The van der Waals surface area contributed by atoms with E-state index < -0.39 is 24.0 Å². The van der Waals surface area contributed by atoms with Crippen molar-refractivity contribution >= 4 is 18.0 Å². The molecule has 10 heteroatoms. The van der Waals surface area contributed by atoms with Gasteiger partial charge in [-0.25, -0.2) is 14.6 Å². The second kappa shape index (κ2) is 10.4. The summed E-state index contributed by atoms with van der Waals surface area (Å²) in [5.41, 5.74) is 4.14. The summed E-state index contributed by atoms with van der Waals surface area (Å²) in [5, 5.41) is 14.3. The van der Waals surface area contributed by atoms with Crippen molar-refractivity contribution in [2.45, 2.75) is 18.5 Å². The number of hydrogen-bond acceptors (Lipinski definition) is 7. The van der Waals surface area contributed by atoms with E-state index in [0.29, 0.717) is 0 Å². The lowest BCUT2D eigenvalue weighted by molar-refractivity contribution is -0.123. The maximum Gasteiger partial charge on any atom is 0.407 e. The van der Waals surface area contributed by atoms with E-state index in [1.807, 2.05) is 36.4 Å². The Morgan fingerprint density at radius 2 is 1.71 bits per heavy atom. The van der Waals surface area contributed by atoms with Crippen molar-refractivity contribution in [3.05, 3.63) is 77.5 Å². The van der Waals surface area contributed by atoms with Crippen LogP contribution in [-0.2, 0) is 16.1 Å². The van der Waals surface area contributed by atoms with Crippen molar-refractivity contribution in [3.63, 3.8) is 0 Å². The van der Waals surface area contributed by atoms with E-state index in [0.717, 1.165) is 28.6 Å². The lowest BCUT2D eigenvalue weighted by Gasteiger charge is -2.22. The number of fused-ring (bicyclic) bond motifs is 3. The van der Waals surface area contributed by atoms with Crippen molar-refractivity contribution in [2.75, 3.05) is 27.2 Å². The van der Waals surface area contributed by atoms with Gasteiger partial charge in [0.25, 0.3) is 0 Å². The summed E-state index contributed by atoms with van der Waals surface area (Å²) in [6, 6.07) is 15.1. The fourth-order valence-corrected chi connectivity index (χ4v) is 4.20. The summed E-state index contributed by atoms with van der Waals surface area (Å²) >= 11 is 0. The quantitative estimate of drug-likeness (QED) is 0.427. The largest absolute Gasteiger partial charge is 0.476 e. The van der Waals surface area contributed by atoms with E-state index in [2.05, 4.69) is 27.8 Å². The van der Waals surface area contributed by atoms with E-state index in [-0.39, 0.29) is 37.1 Å². The first-order chi connectivity index (χ1) is 16.8. The summed E-state index contributed by atoms with van der Waals surface area (Å²) in [7, 11) is 3.53. The highest BCUT2D eigenvalue weighted by molar-refractivity contribution is 5.88. The number of likely N-dealkylation sites (N-methyl/N-ethyl adjacent to an activating group) is 1. The number of nitrogens with one attached hydrogen (secondary N) is 2. The number of carbonyl (C=O) groups excluding carboxylic acids is 2. The molecule has 0 aliphatic heterocycles. The Kier molecular flexibility index (Phi) is 7.11. The van der Waals surface area contributed by atoms with E-state index in [4.69, 9.17) is 14.3 Å². The number of oxazole rings is 1. The number of carbonyl (C=O) groups is 3. The zero-order chi connectivity index (χ0) is 24.9. The number of hydrogen-bond donors (Lipinski definition) is 3. The molecule has 182 valence electrons. The standard InChI is InChI=1S/C25H26N4O6/c1-29(2)12-20(23(30)26-11-21-22(24(31)32)27-14-35-21)28-25(33)34-13-19-17-9-5-3-7-15(17)16-8-4-6-10-18(16)19/h3-10,14,19-20H,11-13H2,1-2H3,(H,26,30)(H,28,33)(H,31,32)/t20-/m0/s1. The molecule has 4 rings (SSSR count). The van der Waals surface area contributed by atoms with E-state index in [1.165, 1.54) is 0 Å². The number of aromatic nitrogens is 1. The predicted molar refractivity (Wildman–Crippen MR) is 126 cm³/mol. The molecule has 3 aromatic rings. The minimum atomic E-state index is -1.26. The van der Waals surface area contributed by atoms with E-state index >= 15 is 0 Å². The number of carboxylic acids is 1. The number of aromatic carboxylic acids is 1. The Labute approximate surface area is 201 Å². The number of carboxylic acid groups (broad SMARTS) is 1. The van der Waals surface area contributed by atoms with Crippen LogP contribution >= 0.6 is 0 Å². The molecule has 1 aliphatic carbocycles. The average molecular weight is 479 g/mol. The highest BCUT2D eigenvalue weighted by Crippen LogP contribution is 2.44. The Bertz CT molecular complexity index is 1190. The van der Waals surface area contributed by atoms with Crippen molar-refractivity contribution in [1.29, 1.82) is 0 Å². The zero-order valence-corrected chi connectivity index (χ0v) is 19.4. The van der Waals surface area contributed by atoms with Crippen LogP contribution in [0.5, 0.6) is 0 Å². The third-order valence-corrected chi connectivity index (χ3v) is 5.77. The average Bonchev–Trinajstić information content (AvgIpc) is 3.43. The normalized spacial score (nSPS) is 13.1. The van der Waals surface area contributed by atoms with Gasteiger partial charge < -0.3 is 29.8 Å². The van der Waals surface area contributed by atoms with Gasteiger partial charge in [-0.15, -0.1) is 0 Å². The number of ether oxygens (including phenoxy) is 1. The molecular formula is C25H26N4O6. The van der Waals surface area contributed by atoms with Crippen LogP contribution in [0.15, 0.2) is 59.3 Å². The summed E-state index contributed by atoms with van der Waals surface area (Å²) in [6.07, 6.45) is 0.275. The van der Waals surface area contributed by atoms with Crippen LogP contribution in [0, 0.1) is 0 Å². The van der Waals surface area contributed by atoms with Gasteiger partial charge in [0.05, 0.1) is 6.54 Å². The number of nitrogens with zero attached hydrogens (tertiary/aromatic N) is 2. The molecule has 3 N–H and O–H groups in total. The summed E-state index contributed by atoms with van der Waals surface area (Å²) in [6.45, 7) is 0.144. The SMILES string of the molecule is CN(C)C[C@H](NC(=O)OCC1c2ccccc2-c2ccccc21)C(=O)NCc1ocnc1C(=O)O. The molecule has 2 amide bonds. The van der Waals surface area contributed by atoms with Crippen molar-refractivity contribution in [3.8, 4) is 11.1 Å². The molecule has 1 atom stereocenters.